The molecule has 1 aromatic rings. The summed E-state index contributed by atoms with van der Waals surface area (Å²) in [6.07, 6.45) is -3.14. The number of carboxylic acids is 1. The molecule has 1 heterocycles. The number of carboxylic acid groups (broad SMARTS) is 1. The molecule has 3 N–H and O–H groups in total. The van der Waals surface area contributed by atoms with Crippen molar-refractivity contribution < 1.29 is 23.1 Å². The van der Waals surface area contributed by atoms with Crippen LogP contribution in [0.4, 0.5) is 13.2 Å². The number of carbonyl (C=O) groups is 1. The van der Waals surface area contributed by atoms with Crippen molar-refractivity contribution >= 4 is 5.97 Å². The Morgan fingerprint density at radius 1 is 1.60 bits per heavy atom. The van der Waals surface area contributed by atoms with Crippen LogP contribution in [0.2, 0.25) is 0 Å². The number of hydrogen-bond acceptors (Lipinski definition) is 3. The molecule has 0 spiro atoms. The number of nitrogens with zero attached hydrogens (tertiary/aromatic N) is 2. The second-order valence-corrected chi connectivity index (χ2v) is 3.04. The monoisotopic (exact) mass is 223 g/mol. The van der Waals surface area contributed by atoms with Crippen LogP contribution in [0.3, 0.4) is 0 Å². The quantitative estimate of drug-likeness (QED) is 0.751. The Morgan fingerprint density at radius 2 is 2.13 bits per heavy atom. The summed E-state index contributed by atoms with van der Waals surface area (Å²) < 4.78 is 38.7. The Labute approximate surface area is 82.3 Å². The molecule has 0 fully saturated rings. The maximum atomic E-state index is 12.5. The topological polar surface area (TPSA) is 81.1 Å². The van der Waals surface area contributed by atoms with Crippen molar-refractivity contribution in [3.8, 4) is 0 Å². The van der Waals surface area contributed by atoms with Gasteiger partial charge in [0, 0.05) is 13.2 Å². The largest absolute Gasteiger partial charge is 0.479 e. The summed E-state index contributed by atoms with van der Waals surface area (Å²) in [5.41, 5.74) is 0.643. The molecule has 0 aliphatic carbocycles. The Bertz CT molecular complexity index is 387. The van der Waals surface area contributed by atoms with Gasteiger partial charge in [0.1, 0.15) is 0 Å². The van der Waals surface area contributed by atoms with Gasteiger partial charge in [0.2, 0.25) is 0 Å². The Kier molecular flexibility index (Phi) is 2.48. The van der Waals surface area contributed by atoms with E-state index in [1.54, 1.807) is 0 Å². The molecule has 0 aliphatic heterocycles. The molecule has 0 aliphatic rings. The molecule has 0 radical (unpaired) electrons. The van der Waals surface area contributed by atoms with Crippen molar-refractivity contribution in [2.75, 3.05) is 0 Å². The minimum Gasteiger partial charge on any atom is -0.479 e. The van der Waals surface area contributed by atoms with E-state index in [1.165, 1.54) is 11.6 Å². The summed E-state index contributed by atoms with van der Waals surface area (Å²) in [5, 5.41) is 8.54. The van der Waals surface area contributed by atoms with Gasteiger partial charge >= 0.3 is 12.1 Å². The fraction of sp³-hybridized carbons (Fsp3) is 0.429. The number of hydrogen-bond donors (Lipinski definition) is 2. The fourth-order valence-electron chi connectivity index (χ4n) is 0.992. The Morgan fingerprint density at radius 3 is 2.40 bits per heavy atom. The standard InChI is InChI=1S/C7H8F3N3O2/c1-13-2-4(12-3-13)6(11,5(14)15)7(8,9)10/h2-3H,11H2,1H3,(H,14,15). The summed E-state index contributed by atoms with van der Waals surface area (Å²) >= 11 is 0. The molecule has 1 rings (SSSR count). The lowest BCUT2D eigenvalue weighted by molar-refractivity contribution is -0.205. The smallest absolute Gasteiger partial charge is 0.423 e. The lowest BCUT2D eigenvalue weighted by atomic mass is 9.97. The summed E-state index contributed by atoms with van der Waals surface area (Å²) in [6.45, 7) is 0. The number of aryl methyl sites for hydroxylation is 1. The second kappa shape index (κ2) is 3.23. The first-order chi connectivity index (χ1) is 6.69. The third-order valence-electron chi connectivity index (χ3n) is 1.89. The van der Waals surface area contributed by atoms with Gasteiger partial charge in [-0.05, 0) is 0 Å². The molecule has 0 saturated carbocycles. The number of aromatic nitrogens is 2. The van der Waals surface area contributed by atoms with Crippen molar-refractivity contribution in [2.24, 2.45) is 12.8 Å². The number of nitrogens with two attached hydrogens (primary N) is 1. The lowest BCUT2D eigenvalue weighted by Gasteiger charge is -2.25. The maximum Gasteiger partial charge on any atom is 0.423 e. The predicted molar refractivity (Wildman–Crippen MR) is 42.8 cm³/mol. The van der Waals surface area contributed by atoms with E-state index in [-0.39, 0.29) is 0 Å². The summed E-state index contributed by atoms with van der Waals surface area (Å²) in [7, 11) is 1.41. The highest BCUT2D eigenvalue weighted by atomic mass is 19.4. The highest BCUT2D eigenvalue weighted by molar-refractivity contribution is 5.80. The van der Waals surface area contributed by atoms with E-state index in [1.807, 2.05) is 0 Å². The molecular formula is C7H8F3N3O2. The van der Waals surface area contributed by atoms with Crippen molar-refractivity contribution in [1.29, 1.82) is 0 Å². The first-order valence-electron chi connectivity index (χ1n) is 3.77. The van der Waals surface area contributed by atoms with Gasteiger partial charge in [-0.2, -0.15) is 13.2 Å². The van der Waals surface area contributed by atoms with Crippen LogP contribution in [0, 0.1) is 0 Å². The first kappa shape index (κ1) is 11.5. The molecule has 5 nitrogen and oxygen atoms in total. The third-order valence-corrected chi connectivity index (χ3v) is 1.89. The van der Waals surface area contributed by atoms with Gasteiger partial charge in [0.25, 0.3) is 5.54 Å². The van der Waals surface area contributed by atoms with Gasteiger partial charge in [0.05, 0.1) is 12.0 Å². The number of aliphatic carboxylic acids is 1. The zero-order valence-electron chi connectivity index (χ0n) is 7.62. The van der Waals surface area contributed by atoms with Gasteiger partial charge < -0.3 is 15.4 Å². The zero-order valence-corrected chi connectivity index (χ0v) is 7.62. The maximum absolute atomic E-state index is 12.5. The number of imidazole rings is 1. The van der Waals surface area contributed by atoms with Crippen molar-refractivity contribution in [1.82, 2.24) is 9.55 Å². The number of halogens is 3. The van der Waals surface area contributed by atoms with E-state index in [4.69, 9.17) is 10.8 Å². The predicted octanol–water partition coefficient (Wildman–Crippen LogP) is 0.221. The Balaban J connectivity index is 3.31. The Hall–Kier alpha value is -1.57. The SMILES string of the molecule is Cn1cnc(C(N)(C(=O)O)C(F)(F)F)c1. The van der Waals surface area contributed by atoms with E-state index in [9.17, 15) is 18.0 Å². The summed E-state index contributed by atoms with van der Waals surface area (Å²) in [4.78, 5) is 13.9. The molecule has 0 aromatic carbocycles. The summed E-state index contributed by atoms with van der Waals surface area (Å²) in [6, 6.07) is 0. The average molecular weight is 223 g/mol. The molecule has 1 unspecified atom stereocenters. The van der Waals surface area contributed by atoms with Crippen LogP contribution in [-0.4, -0.2) is 26.8 Å². The molecule has 0 bridgehead atoms. The molecule has 1 atom stereocenters. The van der Waals surface area contributed by atoms with Gasteiger partial charge in [0.15, 0.2) is 0 Å². The minimum atomic E-state index is -5.10. The van der Waals surface area contributed by atoms with Gasteiger partial charge in [-0.1, -0.05) is 0 Å². The van der Waals surface area contributed by atoms with Gasteiger partial charge in [-0.15, -0.1) is 0 Å². The molecule has 84 valence electrons. The molecular weight excluding hydrogens is 215 g/mol. The zero-order chi connectivity index (χ0) is 11.9. The van der Waals surface area contributed by atoms with E-state index in [0.29, 0.717) is 0 Å². The van der Waals surface area contributed by atoms with E-state index in [2.05, 4.69) is 4.98 Å². The second-order valence-electron chi connectivity index (χ2n) is 3.04. The van der Waals surface area contributed by atoms with Crippen molar-refractivity contribution in [3.63, 3.8) is 0 Å². The number of alkyl halides is 3. The summed E-state index contributed by atoms with van der Waals surface area (Å²) in [5.74, 6) is -2.19. The van der Waals surface area contributed by atoms with Crippen molar-refractivity contribution in [2.45, 2.75) is 11.7 Å². The van der Waals surface area contributed by atoms with Crippen LogP contribution in [0.25, 0.3) is 0 Å². The van der Waals surface area contributed by atoms with E-state index < -0.39 is 23.4 Å². The fourth-order valence-corrected chi connectivity index (χ4v) is 0.992. The molecule has 0 amide bonds. The van der Waals surface area contributed by atoms with Crippen LogP contribution in [-0.2, 0) is 17.4 Å². The highest BCUT2D eigenvalue weighted by Gasteiger charge is 2.61. The average Bonchev–Trinajstić information content (AvgIpc) is 2.48. The van der Waals surface area contributed by atoms with Crippen molar-refractivity contribution in [3.05, 3.63) is 18.2 Å². The van der Waals surface area contributed by atoms with Crippen LogP contribution in [0.1, 0.15) is 5.69 Å². The van der Waals surface area contributed by atoms with Gasteiger partial charge in [-0.25, -0.2) is 9.78 Å². The van der Waals surface area contributed by atoms with Crippen LogP contribution >= 0.6 is 0 Å². The van der Waals surface area contributed by atoms with Crippen LogP contribution < -0.4 is 5.73 Å². The molecule has 1 aromatic heterocycles. The van der Waals surface area contributed by atoms with E-state index in [0.717, 1.165) is 12.5 Å². The van der Waals surface area contributed by atoms with Crippen LogP contribution in [0.15, 0.2) is 12.5 Å². The van der Waals surface area contributed by atoms with Gasteiger partial charge in [-0.3, -0.25) is 0 Å². The third kappa shape index (κ3) is 1.67. The minimum absolute atomic E-state index is 0.745. The molecule has 8 heteroatoms. The molecule has 15 heavy (non-hydrogen) atoms. The first-order valence-corrected chi connectivity index (χ1v) is 3.77. The van der Waals surface area contributed by atoms with Crippen LogP contribution in [0.5, 0.6) is 0 Å². The lowest BCUT2D eigenvalue weighted by Crippen LogP contribution is -2.56. The highest BCUT2D eigenvalue weighted by Crippen LogP contribution is 2.36. The number of rotatable bonds is 2. The molecule has 0 saturated heterocycles. The normalized spacial score (nSPS) is 16.1. The van der Waals surface area contributed by atoms with E-state index >= 15 is 0 Å².